The normalized spacial score (nSPS) is 11.2. The van der Waals surface area contributed by atoms with Crippen molar-refractivity contribution in [3.63, 3.8) is 0 Å². The Hall–Kier alpha value is -1.68. The lowest BCUT2D eigenvalue weighted by molar-refractivity contribution is 1.07. The summed E-state index contributed by atoms with van der Waals surface area (Å²) in [5, 5.41) is 0.653. The van der Waals surface area contributed by atoms with Gasteiger partial charge in [-0.15, -0.1) is 0 Å². The van der Waals surface area contributed by atoms with E-state index in [9.17, 15) is 4.79 Å². The lowest BCUT2D eigenvalue weighted by Gasteiger charge is -2.04. The molecule has 0 amide bonds. The van der Waals surface area contributed by atoms with Crippen LogP contribution in [0.25, 0.3) is 16.6 Å². The second-order valence-electron chi connectivity index (χ2n) is 4.01. The molecule has 0 saturated carbocycles. The minimum absolute atomic E-state index is 0.0324. The Morgan fingerprint density at radius 2 is 2.06 bits per heavy atom. The number of hydrogen-bond acceptors (Lipinski definition) is 2. The highest BCUT2D eigenvalue weighted by atomic mass is 79.9. The topological polar surface area (TPSA) is 34.4 Å². The molecule has 0 radical (unpaired) electrons. The summed E-state index contributed by atoms with van der Waals surface area (Å²) in [6.45, 7) is 1.97. The van der Waals surface area contributed by atoms with Crippen LogP contribution in [0, 0.1) is 6.92 Å². The quantitative estimate of drug-likeness (QED) is 0.596. The van der Waals surface area contributed by atoms with Gasteiger partial charge in [0.05, 0.1) is 10.9 Å². The Morgan fingerprint density at radius 1 is 1.24 bits per heavy atom. The van der Waals surface area contributed by atoms with Crippen LogP contribution in [0.1, 0.15) is 5.56 Å². The first-order valence-electron chi connectivity index (χ1n) is 5.23. The molecule has 0 aliphatic carbocycles. The molecule has 3 rings (SSSR count). The Labute approximate surface area is 106 Å². The van der Waals surface area contributed by atoms with Gasteiger partial charge in [0, 0.05) is 10.7 Å². The SMILES string of the molecule is Cc1ccc2nc3ccc(Br)cn3c(=O)c2c1. The predicted molar refractivity (Wildman–Crippen MR) is 71.4 cm³/mol. The number of aryl methyl sites for hydroxylation is 1. The molecule has 3 aromatic rings. The van der Waals surface area contributed by atoms with E-state index >= 15 is 0 Å². The van der Waals surface area contributed by atoms with Crippen molar-refractivity contribution in [3.8, 4) is 0 Å². The zero-order valence-electron chi connectivity index (χ0n) is 9.14. The molecule has 0 N–H and O–H groups in total. The minimum Gasteiger partial charge on any atom is -0.268 e. The molecular formula is C13H9BrN2O. The second kappa shape index (κ2) is 3.67. The van der Waals surface area contributed by atoms with Crippen LogP contribution in [-0.2, 0) is 0 Å². The van der Waals surface area contributed by atoms with Crippen LogP contribution >= 0.6 is 15.9 Å². The van der Waals surface area contributed by atoms with Crippen LogP contribution in [0.3, 0.4) is 0 Å². The number of rotatable bonds is 0. The molecule has 0 fully saturated rings. The molecular weight excluding hydrogens is 280 g/mol. The molecule has 0 atom stereocenters. The summed E-state index contributed by atoms with van der Waals surface area (Å²) in [4.78, 5) is 16.8. The smallest absolute Gasteiger partial charge is 0.265 e. The van der Waals surface area contributed by atoms with Gasteiger partial charge in [-0.25, -0.2) is 4.98 Å². The maximum atomic E-state index is 12.3. The van der Waals surface area contributed by atoms with Crippen molar-refractivity contribution in [2.75, 3.05) is 0 Å². The third-order valence-electron chi connectivity index (χ3n) is 2.73. The molecule has 4 heteroatoms. The maximum Gasteiger partial charge on any atom is 0.265 e. The molecule has 2 heterocycles. The molecule has 0 spiro atoms. The zero-order valence-corrected chi connectivity index (χ0v) is 10.7. The van der Waals surface area contributed by atoms with Gasteiger partial charge in [-0.1, -0.05) is 11.6 Å². The van der Waals surface area contributed by atoms with Crippen LogP contribution in [0.15, 0.2) is 45.8 Å². The lowest BCUT2D eigenvalue weighted by atomic mass is 10.2. The van der Waals surface area contributed by atoms with Gasteiger partial charge in [-0.05, 0) is 47.1 Å². The van der Waals surface area contributed by atoms with Crippen LogP contribution in [0.2, 0.25) is 0 Å². The average Bonchev–Trinajstić information content (AvgIpc) is 2.32. The fourth-order valence-corrected chi connectivity index (χ4v) is 2.23. The van der Waals surface area contributed by atoms with Crippen molar-refractivity contribution >= 4 is 32.5 Å². The van der Waals surface area contributed by atoms with Gasteiger partial charge in [-0.3, -0.25) is 9.20 Å². The predicted octanol–water partition coefficient (Wildman–Crippen LogP) is 2.92. The van der Waals surface area contributed by atoms with Crippen LogP contribution in [0.5, 0.6) is 0 Å². The van der Waals surface area contributed by atoms with E-state index in [-0.39, 0.29) is 5.56 Å². The molecule has 3 nitrogen and oxygen atoms in total. The summed E-state index contributed by atoms with van der Waals surface area (Å²) in [5.41, 5.74) is 2.43. The third-order valence-corrected chi connectivity index (χ3v) is 3.20. The average molecular weight is 289 g/mol. The molecule has 0 aliphatic rings. The number of halogens is 1. The van der Waals surface area contributed by atoms with Crippen molar-refractivity contribution in [2.24, 2.45) is 0 Å². The molecule has 84 valence electrons. The highest BCUT2D eigenvalue weighted by molar-refractivity contribution is 9.10. The fraction of sp³-hybridized carbons (Fsp3) is 0.0769. The van der Waals surface area contributed by atoms with Gasteiger partial charge in [0.2, 0.25) is 0 Å². The number of benzene rings is 1. The van der Waals surface area contributed by atoms with Crippen molar-refractivity contribution < 1.29 is 0 Å². The van der Waals surface area contributed by atoms with E-state index in [1.165, 1.54) is 0 Å². The van der Waals surface area contributed by atoms with Gasteiger partial charge in [0.1, 0.15) is 5.65 Å². The van der Waals surface area contributed by atoms with E-state index < -0.39 is 0 Å². The van der Waals surface area contributed by atoms with E-state index in [4.69, 9.17) is 0 Å². The van der Waals surface area contributed by atoms with Crippen molar-refractivity contribution in [2.45, 2.75) is 6.92 Å². The monoisotopic (exact) mass is 288 g/mol. The Balaban J connectivity index is 2.58. The molecule has 0 unspecified atom stereocenters. The second-order valence-corrected chi connectivity index (χ2v) is 4.93. The van der Waals surface area contributed by atoms with Crippen LogP contribution < -0.4 is 5.56 Å². The Morgan fingerprint density at radius 3 is 2.88 bits per heavy atom. The molecule has 2 aromatic heterocycles. The van der Waals surface area contributed by atoms with Crippen molar-refractivity contribution in [1.29, 1.82) is 0 Å². The first-order chi connectivity index (χ1) is 8.15. The molecule has 17 heavy (non-hydrogen) atoms. The minimum atomic E-state index is -0.0324. The highest BCUT2D eigenvalue weighted by Gasteiger charge is 2.05. The Kier molecular flexibility index (Phi) is 2.26. The fourth-order valence-electron chi connectivity index (χ4n) is 1.89. The molecule has 0 aliphatic heterocycles. The van der Waals surface area contributed by atoms with Gasteiger partial charge < -0.3 is 0 Å². The summed E-state index contributed by atoms with van der Waals surface area (Å²) in [6.07, 6.45) is 1.74. The number of hydrogen-bond donors (Lipinski definition) is 0. The van der Waals surface area contributed by atoms with E-state index in [1.807, 2.05) is 37.3 Å². The van der Waals surface area contributed by atoms with Crippen LogP contribution in [0.4, 0.5) is 0 Å². The number of nitrogens with zero attached hydrogens (tertiary/aromatic N) is 2. The van der Waals surface area contributed by atoms with E-state index in [0.29, 0.717) is 11.0 Å². The van der Waals surface area contributed by atoms with E-state index in [1.54, 1.807) is 10.6 Å². The largest absolute Gasteiger partial charge is 0.268 e. The van der Waals surface area contributed by atoms with Gasteiger partial charge in [-0.2, -0.15) is 0 Å². The maximum absolute atomic E-state index is 12.3. The summed E-state index contributed by atoms with van der Waals surface area (Å²) in [5.74, 6) is 0. The van der Waals surface area contributed by atoms with Crippen LogP contribution in [-0.4, -0.2) is 9.38 Å². The summed E-state index contributed by atoms with van der Waals surface area (Å²) in [7, 11) is 0. The lowest BCUT2D eigenvalue weighted by Crippen LogP contribution is -2.15. The highest BCUT2D eigenvalue weighted by Crippen LogP contribution is 2.14. The van der Waals surface area contributed by atoms with Gasteiger partial charge in [0.25, 0.3) is 5.56 Å². The number of aromatic nitrogens is 2. The molecule has 0 saturated heterocycles. The first kappa shape index (κ1) is 10.5. The number of fused-ring (bicyclic) bond motifs is 2. The first-order valence-corrected chi connectivity index (χ1v) is 6.03. The summed E-state index contributed by atoms with van der Waals surface area (Å²) >= 11 is 3.36. The summed E-state index contributed by atoms with van der Waals surface area (Å²) in [6, 6.07) is 9.42. The standard InChI is InChI=1S/C13H9BrN2O/c1-8-2-4-11-10(6-8)13(17)16-7-9(14)3-5-12(16)15-11/h2-7H,1H3. The zero-order chi connectivity index (χ0) is 12.0. The molecule has 0 bridgehead atoms. The van der Waals surface area contributed by atoms with E-state index in [2.05, 4.69) is 20.9 Å². The van der Waals surface area contributed by atoms with Gasteiger partial charge >= 0.3 is 0 Å². The van der Waals surface area contributed by atoms with Crippen molar-refractivity contribution in [3.05, 3.63) is 56.9 Å². The summed E-state index contributed by atoms with van der Waals surface area (Å²) < 4.78 is 2.42. The number of pyridine rings is 1. The molecule has 1 aromatic carbocycles. The Bertz CT molecular complexity index is 729. The van der Waals surface area contributed by atoms with Crippen molar-refractivity contribution in [1.82, 2.24) is 9.38 Å². The van der Waals surface area contributed by atoms with Gasteiger partial charge in [0.15, 0.2) is 0 Å². The van der Waals surface area contributed by atoms with E-state index in [0.717, 1.165) is 15.6 Å². The third kappa shape index (κ3) is 1.65.